The van der Waals surface area contributed by atoms with Gasteiger partial charge in [0.1, 0.15) is 5.69 Å². The van der Waals surface area contributed by atoms with Gasteiger partial charge in [0.25, 0.3) is 0 Å². The van der Waals surface area contributed by atoms with E-state index in [-0.39, 0.29) is 5.78 Å². The second-order valence-corrected chi connectivity index (χ2v) is 4.42. The molecule has 0 spiro atoms. The van der Waals surface area contributed by atoms with E-state index in [1.54, 1.807) is 17.1 Å². The molecule has 0 aliphatic rings. The summed E-state index contributed by atoms with van der Waals surface area (Å²) in [6.07, 6.45) is 3.23. The van der Waals surface area contributed by atoms with E-state index >= 15 is 0 Å². The van der Waals surface area contributed by atoms with Crippen molar-refractivity contribution in [1.82, 2.24) is 9.55 Å². The Morgan fingerprint density at radius 1 is 1.50 bits per heavy atom. The van der Waals surface area contributed by atoms with Crippen molar-refractivity contribution in [2.24, 2.45) is 7.05 Å². The summed E-state index contributed by atoms with van der Waals surface area (Å²) in [6.45, 7) is 1.99. The molecule has 0 N–H and O–H groups in total. The molecule has 0 fully saturated rings. The second kappa shape index (κ2) is 3.38. The molecule has 0 amide bonds. The summed E-state index contributed by atoms with van der Waals surface area (Å²) in [7, 11) is 1.82. The lowest BCUT2D eigenvalue weighted by Gasteiger charge is -1.97. The van der Waals surface area contributed by atoms with Crippen LogP contribution in [0.3, 0.4) is 0 Å². The molecular formula is C10H10N2OS. The number of hydrogen-bond acceptors (Lipinski definition) is 3. The summed E-state index contributed by atoms with van der Waals surface area (Å²) >= 11 is 1.51. The van der Waals surface area contributed by atoms with E-state index in [0.29, 0.717) is 5.69 Å². The van der Waals surface area contributed by atoms with Crippen molar-refractivity contribution in [3.63, 3.8) is 0 Å². The second-order valence-electron chi connectivity index (χ2n) is 3.13. The summed E-state index contributed by atoms with van der Waals surface area (Å²) in [6, 6.07) is 3.81. The Hall–Kier alpha value is -1.42. The van der Waals surface area contributed by atoms with Gasteiger partial charge in [-0.2, -0.15) is 0 Å². The third-order valence-corrected chi connectivity index (χ3v) is 3.01. The zero-order valence-corrected chi connectivity index (χ0v) is 8.84. The van der Waals surface area contributed by atoms with E-state index in [0.717, 1.165) is 9.75 Å². The Bertz CT molecular complexity index is 470. The average Bonchev–Trinajstić information content (AvgIpc) is 2.73. The molecule has 0 saturated carbocycles. The Morgan fingerprint density at radius 2 is 2.29 bits per heavy atom. The van der Waals surface area contributed by atoms with Gasteiger partial charge in [0.2, 0.25) is 5.78 Å². The fraction of sp³-hybridized carbons (Fsp3) is 0.200. The topological polar surface area (TPSA) is 34.9 Å². The van der Waals surface area contributed by atoms with Crippen LogP contribution < -0.4 is 0 Å². The lowest BCUT2D eigenvalue weighted by atomic mass is 10.2. The van der Waals surface area contributed by atoms with Crippen molar-refractivity contribution in [2.45, 2.75) is 6.92 Å². The molecule has 2 rings (SSSR count). The number of nitrogens with zero attached hydrogens (tertiary/aromatic N) is 2. The van der Waals surface area contributed by atoms with Gasteiger partial charge in [0.05, 0.1) is 17.4 Å². The lowest BCUT2D eigenvalue weighted by Crippen LogP contribution is -2.04. The SMILES string of the molecule is Cc1ccc(C(=O)c2cncn2C)s1. The molecular weight excluding hydrogens is 196 g/mol. The van der Waals surface area contributed by atoms with E-state index in [2.05, 4.69) is 4.98 Å². The van der Waals surface area contributed by atoms with Crippen LogP contribution in [0, 0.1) is 6.92 Å². The number of thiophene rings is 1. The smallest absolute Gasteiger partial charge is 0.220 e. The molecule has 0 atom stereocenters. The third-order valence-electron chi connectivity index (χ3n) is 2.01. The third kappa shape index (κ3) is 1.48. The Kier molecular flexibility index (Phi) is 2.21. The first-order chi connectivity index (χ1) is 6.68. The van der Waals surface area contributed by atoms with E-state index in [9.17, 15) is 4.79 Å². The molecule has 0 aromatic carbocycles. The van der Waals surface area contributed by atoms with Gasteiger partial charge in [0.15, 0.2) is 0 Å². The van der Waals surface area contributed by atoms with Crippen molar-refractivity contribution >= 4 is 17.1 Å². The highest BCUT2D eigenvalue weighted by molar-refractivity contribution is 7.14. The molecule has 0 aliphatic heterocycles. The highest BCUT2D eigenvalue weighted by Crippen LogP contribution is 2.18. The Labute approximate surface area is 86.0 Å². The van der Waals surface area contributed by atoms with Gasteiger partial charge in [-0.25, -0.2) is 4.98 Å². The van der Waals surface area contributed by atoms with Crippen LogP contribution in [-0.4, -0.2) is 15.3 Å². The molecule has 2 heterocycles. The van der Waals surface area contributed by atoms with Crippen LogP contribution in [0.4, 0.5) is 0 Å². The van der Waals surface area contributed by atoms with E-state index in [1.807, 2.05) is 26.1 Å². The monoisotopic (exact) mass is 206 g/mol. The van der Waals surface area contributed by atoms with Crippen molar-refractivity contribution in [1.29, 1.82) is 0 Å². The molecule has 0 bridgehead atoms. The Balaban J connectivity index is 2.38. The zero-order chi connectivity index (χ0) is 10.1. The number of aryl methyl sites for hydroxylation is 2. The number of aromatic nitrogens is 2. The van der Waals surface area contributed by atoms with Gasteiger partial charge in [0, 0.05) is 11.9 Å². The number of rotatable bonds is 2. The van der Waals surface area contributed by atoms with E-state index in [4.69, 9.17) is 0 Å². The maximum Gasteiger partial charge on any atom is 0.220 e. The predicted molar refractivity (Wildman–Crippen MR) is 55.7 cm³/mol. The fourth-order valence-corrected chi connectivity index (χ4v) is 2.08. The zero-order valence-electron chi connectivity index (χ0n) is 8.02. The molecule has 0 aliphatic carbocycles. The first kappa shape index (κ1) is 9.15. The number of carbonyl (C=O) groups is 1. The normalized spacial score (nSPS) is 10.4. The summed E-state index contributed by atoms with van der Waals surface area (Å²) in [5.74, 6) is 0.0445. The molecule has 2 aromatic heterocycles. The molecule has 4 heteroatoms. The number of hydrogen-bond donors (Lipinski definition) is 0. The van der Waals surface area contributed by atoms with E-state index < -0.39 is 0 Å². The van der Waals surface area contributed by atoms with Gasteiger partial charge in [-0.05, 0) is 19.1 Å². The van der Waals surface area contributed by atoms with E-state index in [1.165, 1.54) is 11.3 Å². The average molecular weight is 206 g/mol. The standard InChI is InChI=1S/C10H10N2OS/c1-7-3-4-9(14-7)10(13)8-5-11-6-12(8)2/h3-6H,1-2H3. The highest BCUT2D eigenvalue weighted by Gasteiger charge is 2.13. The van der Waals surface area contributed by atoms with Crippen LogP contribution in [0.25, 0.3) is 0 Å². The highest BCUT2D eigenvalue weighted by atomic mass is 32.1. The minimum absolute atomic E-state index is 0.0445. The van der Waals surface area contributed by atoms with Crippen LogP contribution in [0.15, 0.2) is 24.7 Å². The maximum absolute atomic E-state index is 11.9. The van der Waals surface area contributed by atoms with Crippen molar-refractivity contribution in [3.05, 3.63) is 40.1 Å². The predicted octanol–water partition coefficient (Wildman–Crippen LogP) is 2.02. The number of imidazole rings is 1. The van der Waals surface area contributed by atoms with Crippen LogP contribution in [0.1, 0.15) is 20.2 Å². The van der Waals surface area contributed by atoms with Crippen LogP contribution >= 0.6 is 11.3 Å². The van der Waals surface area contributed by atoms with Crippen molar-refractivity contribution in [2.75, 3.05) is 0 Å². The molecule has 0 unspecified atom stereocenters. The van der Waals surface area contributed by atoms with Gasteiger partial charge in [-0.15, -0.1) is 11.3 Å². The molecule has 3 nitrogen and oxygen atoms in total. The molecule has 0 radical (unpaired) electrons. The number of carbonyl (C=O) groups excluding carboxylic acids is 1. The van der Waals surface area contributed by atoms with Gasteiger partial charge in [-0.1, -0.05) is 0 Å². The van der Waals surface area contributed by atoms with Gasteiger partial charge < -0.3 is 4.57 Å². The minimum Gasteiger partial charge on any atom is -0.331 e. The van der Waals surface area contributed by atoms with Crippen LogP contribution in [-0.2, 0) is 7.05 Å². The molecule has 14 heavy (non-hydrogen) atoms. The van der Waals surface area contributed by atoms with Gasteiger partial charge >= 0.3 is 0 Å². The molecule has 2 aromatic rings. The lowest BCUT2D eigenvalue weighted by molar-refractivity contribution is 0.103. The fourth-order valence-electron chi connectivity index (χ4n) is 1.26. The summed E-state index contributed by atoms with van der Waals surface area (Å²) in [5.41, 5.74) is 0.631. The summed E-state index contributed by atoms with van der Waals surface area (Å²) < 4.78 is 1.73. The van der Waals surface area contributed by atoms with Crippen LogP contribution in [0.2, 0.25) is 0 Å². The molecule has 72 valence electrons. The Morgan fingerprint density at radius 3 is 2.79 bits per heavy atom. The quantitative estimate of drug-likeness (QED) is 0.705. The largest absolute Gasteiger partial charge is 0.331 e. The summed E-state index contributed by atoms with van der Waals surface area (Å²) in [4.78, 5) is 17.7. The van der Waals surface area contributed by atoms with Gasteiger partial charge in [-0.3, -0.25) is 4.79 Å². The maximum atomic E-state index is 11.9. The number of ketones is 1. The van der Waals surface area contributed by atoms with Crippen molar-refractivity contribution < 1.29 is 4.79 Å². The first-order valence-electron chi connectivity index (χ1n) is 4.26. The van der Waals surface area contributed by atoms with Crippen molar-refractivity contribution in [3.8, 4) is 0 Å². The minimum atomic E-state index is 0.0445. The molecule has 0 saturated heterocycles. The summed E-state index contributed by atoms with van der Waals surface area (Å²) in [5, 5.41) is 0. The first-order valence-corrected chi connectivity index (χ1v) is 5.07. The van der Waals surface area contributed by atoms with Crippen LogP contribution in [0.5, 0.6) is 0 Å².